The lowest BCUT2D eigenvalue weighted by atomic mass is 10.1. The van der Waals surface area contributed by atoms with Gasteiger partial charge in [-0.2, -0.15) is 13.2 Å². The van der Waals surface area contributed by atoms with Crippen LogP contribution in [0.1, 0.15) is 15.9 Å². The highest BCUT2D eigenvalue weighted by Gasteiger charge is 2.33. The molecule has 0 unspecified atom stereocenters. The van der Waals surface area contributed by atoms with Crippen LogP contribution in [0.25, 0.3) is 0 Å². The van der Waals surface area contributed by atoms with Crippen LogP contribution in [0.15, 0.2) is 71.2 Å². The van der Waals surface area contributed by atoms with Gasteiger partial charge in [0, 0.05) is 10.2 Å². The van der Waals surface area contributed by atoms with E-state index in [0.717, 1.165) is 16.6 Å². The minimum absolute atomic E-state index is 0.0445. The van der Waals surface area contributed by atoms with Gasteiger partial charge < -0.3 is 24.8 Å². The Hall–Kier alpha value is -4.06. The van der Waals surface area contributed by atoms with Crippen LogP contribution in [0.2, 0.25) is 0 Å². The zero-order valence-corrected chi connectivity index (χ0v) is 20.8. The molecular formula is C25H20BrF3N2O6. The first-order valence-corrected chi connectivity index (χ1v) is 11.4. The van der Waals surface area contributed by atoms with E-state index in [1.165, 1.54) is 37.4 Å². The van der Waals surface area contributed by atoms with E-state index in [2.05, 4.69) is 26.6 Å². The van der Waals surface area contributed by atoms with Gasteiger partial charge in [0.15, 0.2) is 24.7 Å². The molecule has 0 aromatic heterocycles. The first kappa shape index (κ1) is 27.5. The van der Waals surface area contributed by atoms with Crippen molar-refractivity contribution in [2.75, 3.05) is 31.0 Å². The van der Waals surface area contributed by atoms with Crippen molar-refractivity contribution in [3.63, 3.8) is 0 Å². The van der Waals surface area contributed by atoms with Crippen molar-refractivity contribution in [3.8, 4) is 11.5 Å². The smallest absolute Gasteiger partial charge is 0.418 e. The fraction of sp³-hybridized carbons (Fsp3) is 0.160. The van der Waals surface area contributed by atoms with Gasteiger partial charge >= 0.3 is 12.1 Å². The van der Waals surface area contributed by atoms with E-state index in [1.54, 1.807) is 24.3 Å². The van der Waals surface area contributed by atoms with Gasteiger partial charge in [0.05, 0.1) is 23.9 Å². The van der Waals surface area contributed by atoms with Gasteiger partial charge in [-0.05, 0) is 48.5 Å². The SMILES string of the molecule is COc1cc(C(=O)OCC(=O)Nc2cccc(Br)c2)ccc1OCC(=O)Nc1ccccc1C(F)(F)F. The van der Waals surface area contributed by atoms with Gasteiger partial charge in [0.2, 0.25) is 0 Å². The molecule has 12 heteroatoms. The molecule has 0 spiro atoms. The third-order valence-electron chi connectivity index (χ3n) is 4.71. The fourth-order valence-electron chi connectivity index (χ4n) is 3.06. The molecule has 2 amide bonds. The van der Waals surface area contributed by atoms with Crippen molar-refractivity contribution in [2.45, 2.75) is 6.18 Å². The molecule has 0 aliphatic carbocycles. The summed E-state index contributed by atoms with van der Waals surface area (Å²) in [7, 11) is 1.29. The molecular weight excluding hydrogens is 561 g/mol. The molecule has 194 valence electrons. The van der Waals surface area contributed by atoms with E-state index in [1.807, 2.05) is 0 Å². The fourth-order valence-corrected chi connectivity index (χ4v) is 3.46. The van der Waals surface area contributed by atoms with E-state index in [9.17, 15) is 27.6 Å². The highest BCUT2D eigenvalue weighted by atomic mass is 79.9. The van der Waals surface area contributed by atoms with Gasteiger partial charge in [0.25, 0.3) is 11.8 Å². The Labute approximate surface area is 217 Å². The van der Waals surface area contributed by atoms with Crippen LogP contribution in [0.3, 0.4) is 0 Å². The van der Waals surface area contributed by atoms with Gasteiger partial charge in [-0.1, -0.05) is 34.1 Å². The molecule has 0 heterocycles. The number of alkyl halides is 3. The standard InChI is InChI=1S/C25H20BrF3N2O6/c1-35-21-11-15(24(34)37-14-22(32)30-17-6-4-5-16(26)12-17)9-10-20(21)36-13-23(33)31-19-8-3-2-7-18(19)25(27,28)29/h2-12H,13-14H2,1H3,(H,30,32)(H,31,33). The van der Waals surface area contributed by atoms with Crippen LogP contribution in [-0.4, -0.2) is 38.1 Å². The van der Waals surface area contributed by atoms with Crippen LogP contribution >= 0.6 is 15.9 Å². The number of methoxy groups -OCH3 is 1. The summed E-state index contributed by atoms with van der Waals surface area (Å²) in [6.45, 7) is -1.16. The molecule has 37 heavy (non-hydrogen) atoms. The minimum Gasteiger partial charge on any atom is -0.493 e. The van der Waals surface area contributed by atoms with E-state index < -0.39 is 48.4 Å². The molecule has 0 saturated heterocycles. The molecule has 0 bridgehead atoms. The number of esters is 1. The number of anilines is 2. The maximum Gasteiger partial charge on any atom is 0.418 e. The van der Waals surface area contributed by atoms with Crippen molar-refractivity contribution in [1.29, 1.82) is 0 Å². The molecule has 0 atom stereocenters. The summed E-state index contributed by atoms with van der Waals surface area (Å²) in [6, 6.07) is 15.3. The number of para-hydroxylation sites is 1. The summed E-state index contributed by atoms with van der Waals surface area (Å²) in [6.07, 6.45) is -4.64. The number of hydrogen-bond acceptors (Lipinski definition) is 6. The predicted octanol–water partition coefficient (Wildman–Crippen LogP) is 5.29. The third kappa shape index (κ3) is 7.97. The Morgan fingerprint density at radius 1 is 0.865 bits per heavy atom. The number of benzene rings is 3. The van der Waals surface area contributed by atoms with Gasteiger partial charge in [0.1, 0.15) is 0 Å². The molecule has 3 aromatic carbocycles. The van der Waals surface area contributed by atoms with Crippen LogP contribution in [0.5, 0.6) is 11.5 Å². The Balaban J connectivity index is 1.56. The first-order chi connectivity index (χ1) is 17.6. The molecule has 2 N–H and O–H groups in total. The Morgan fingerprint density at radius 2 is 1.59 bits per heavy atom. The first-order valence-electron chi connectivity index (χ1n) is 10.6. The van der Waals surface area contributed by atoms with Crippen molar-refractivity contribution in [3.05, 3.63) is 82.3 Å². The number of halogens is 4. The number of carbonyl (C=O) groups is 3. The lowest BCUT2D eigenvalue weighted by Crippen LogP contribution is -2.22. The topological polar surface area (TPSA) is 103 Å². The average Bonchev–Trinajstić information content (AvgIpc) is 2.85. The summed E-state index contributed by atoms with van der Waals surface area (Å²) in [5, 5.41) is 4.75. The van der Waals surface area contributed by atoms with Crippen LogP contribution in [-0.2, 0) is 20.5 Å². The molecule has 0 aliphatic heterocycles. The van der Waals surface area contributed by atoms with Gasteiger partial charge in [-0.3, -0.25) is 9.59 Å². The zero-order valence-electron chi connectivity index (χ0n) is 19.2. The second kappa shape index (κ2) is 12.3. The average molecular weight is 581 g/mol. The van der Waals surface area contributed by atoms with Crippen molar-refractivity contribution >= 4 is 45.1 Å². The largest absolute Gasteiger partial charge is 0.493 e. The Morgan fingerprint density at radius 3 is 2.30 bits per heavy atom. The van der Waals surface area contributed by atoms with Crippen LogP contribution in [0.4, 0.5) is 24.5 Å². The molecule has 0 fully saturated rings. The van der Waals surface area contributed by atoms with E-state index in [4.69, 9.17) is 14.2 Å². The lowest BCUT2D eigenvalue weighted by Gasteiger charge is -2.15. The van der Waals surface area contributed by atoms with Gasteiger partial charge in [-0.25, -0.2) is 4.79 Å². The summed E-state index contributed by atoms with van der Waals surface area (Å²) < 4.78 is 55.6. The molecule has 0 saturated carbocycles. The van der Waals surface area contributed by atoms with E-state index in [-0.39, 0.29) is 17.1 Å². The second-order valence-corrected chi connectivity index (χ2v) is 8.30. The predicted molar refractivity (Wildman–Crippen MR) is 132 cm³/mol. The number of amides is 2. The maximum atomic E-state index is 13.1. The summed E-state index contributed by atoms with van der Waals surface area (Å²) in [5.74, 6) is -2.06. The number of hydrogen-bond donors (Lipinski definition) is 2. The lowest BCUT2D eigenvalue weighted by molar-refractivity contribution is -0.137. The highest BCUT2D eigenvalue weighted by Crippen LogP contribution is 2.34. The molecule has 3 rings (SSSR count). The highest BCUT2D eigenvalue weighted by molar-refractivity contribution is 9.10. The monoisotopic (exact) mass is 580 g/mol. The summed E-state index contributed by atoms with van der Waals surface area (Å²) in [4.78, 5) is 36.6. The van der Waals surface area contributed by atoms with E-state index >= 15 is 0 Å². The van der Waals surface area contributed by atoms with Crippen molar-refractivity contribution in [1.82, 2.24) is 0 Å². The Bertz CT molecular complexity index is 1300. The number of ether oxygens (including phenoxy) is 3. The number of carbonyl (C=O) groups excluding carboxylic acids is 3. The number of nitrogens with one attached hydrogen (secondary N) is 2. The normalized spacial score (nSPS) is 10.8. The van der Waals surface area contributed by atoms with Crippen LogP contribution < -0.4 is 20.1 Å². The molecule has 8 nitrogen and oxygen atoms in total. The van der Waals surface area contributed by atoms with E-state index in [0.29, 0.717) is 5.69 Å². The van der Waals surface area contributed by atoms with Crippen molar-refractivity contribution < 1.29 is 41.8 Å². The second-order valence-electron chi connectivity index (χ2n) is 7.38. The molecule has 0 radical (unpaired) electrons. The third-order valence-corrected chi connectivity index (χ3v) is 5.20. The number of rotatable bonds is 9. The Kier molecular flexibility index (Phi) is 9.12. The van der Waals surface area contributed by atoms with Crippen molar-refractivity contribution in [2.24, 2.45) is 0 Å². The van der Waals surface area contributed by atoms with Gasteiger partial charge in [-0.15, -0.1) is 0 Å². The van der Waals surface area contributed by atoms with Crippen LogP contribution in [0, 0.1) is 0 Å². The maximum absolute atomic E-state index is 13.1. The minimum atomic E-state index is -4.64. The molecule has 0 aliphatic rings. The summed E-state index contributed by atoms with van der Waals surface area (Å²) in [5.41, 5.74) is -0.834. The quantitative estimate of drug-likeness (QED) is 0.333. The zero-order chi connectivity index (χ0) is 27.0. The summed E-state index contributed by atoms with van der Waals surface area (Å²) >= 11 is 3.29. The molecule has 3 aromatic rings.